The molecule has 2 aliphatic heterocycles. The summed E-state index contributed by atoms with van der Waals surface area (Å²) in [7, 11) is 1.75. The number of ether oxygens (including phenoxy) is 2. The lowest BCUT2D eigenvalue weighted by Crippen LogP contribution is -2.43. The Labute approximate surface area is 132 Å². The summed E-state index contributed by atoms with van der Waals surface area (Å²) in [4.78, 5) is 14.9. The van der Waals surface area contributed by atoms with Gasteiger partial charge in [-0.25, -0.2) is 0 Å². The van der Waals surface area contributed by atoms with Gasteiger partial charge in [-0.15, -0.1) is 0 Å². The second-order valence-corrected chi connectivity index (χ2v) is 6.42. The minimum atomic E-state index is -0.290. The molecule has 4 nitrogen and oxygen atoms in total. The van der Waals surface area contributed by atoms with E-state index in [0.717, 1.165) is 63.2 Å². The Bertz CT molecular complexity index is 531. The maximum Gasteiger partial charge on any atom is 0.170 e. The molecule has 0 saturated carbocycles. The molecular formula is C18H25NO3. The minimum Gasteiger partial charge on any atom is -0.486 e. The van der Waals surface area contributed by atoms with Gasteiger partial charge >= 0.3 is 0 Å². The van der Waals surface area contributed by atoms with E-state index in [4.69, 9.17) is 9.47 Å². The molecule has 1 saturated heterocycles. The zero-order valence-electron chi connectivity index (χ0n) is 13.3. The Hall–Kier alpha value is -1.39. The average molecular weight is 303 g/mol. The van der Waals surface area contributed by atoms with E-state index >= 15 is 0 Å². The standard InChI is InChI=1S/C18H25NO3/c1-21-13-5-11-19-10-4-8-18(9-12-19)14-16(20)15-6-2-3-7-17(15)22-18/h2-3,6-7H,4-5,8-14H2,1H3. The van der Waals surface area contributed by atoms with Gasteiger partial charge in [-0.3, -0.25) is 4.79 Å². The maximum atomic E-state index is 12.5. The van der Waals surface area contributed by atoms with Gasteiger partial charge in [0.15, 0.2) is 5.78 Å². The second-order valence-electron chi connectivity index (χ2n) is 6.42. The topological polar surface area (TPSA) is 38.8 Å². The normalized spacial score (nSPS) is 25.6. The van der Waals surface area contributed by atoms with E-state index in [9.17, 15) is 4.79 Å². The maximum absolute atomic E-state index is 12.5. The number of Topliss-reactive ketones (excluding diaryl/α,β-unsaturated/α-hetero) is 1. The summed E-state index contributed by atoms with van der Waals surface area (Å²) in [5.41, 5.74) is 0.455. The molecule has 1 unspecified atom stereocenters. The highest BCUT2D eigenvalue weighted by atomic mass is 16.5. The Kier molecular flexibility index (Phi) is 4.79. The van der Waals surface area contributed by atoms with E-state index in [1.807, 2.05) is 24.3 Å². The predicted octanol–water partition coefficient (Wildman–Crippen LogP) is 2.91. The van der Waals surface area contributed by atoms with Crippen LogP contribution in [0.15, 0.2) is 24.3 Å². The summed E-state index contributed by atoms with van der Waals surface area (Å²) in [6.07, 6.45) is 4.57. The highest BCUT2D eigenvalue weighted by Gasteiger charge is 2.41. The predicted molar refractivity (Wildman–Crippen MR) is 85.5 cm³/mol. The molecule has 4 heteroatoms. The molecule has 1 fully saturated rings. The van der Waals surface area contributed by atoms with E-state index in [1.165, 1.54) is 0 Å². The van der Waals surface area contributed by atoms with Crippen LogP contribution in [0.2, 0.25) is 0 Å². The van der Waals surface area contributed by atoms with Gasteiger partial charge in [0.1, 0.15) is 11.4 Å². The summed E-state index contributed by atoms with van der Waals surface area (Å²) in [5, 5.41) is 0. The van der Waals surface area contributed by atoms with Crippen LogP contribution >= 0.6 is 0 Å². The number of rotatable bonds is 4. The first-order valence-corrected chi connectivity index (χ1v) is 8.25. The number of ketones is 1. The van der Waals surface area contributed by atoms with Crippen LogP contribution in [-0.2, 0) is 4.74 Å². The van der Waals surface area contributed by atoms with Gasteiger partial charge in [0, 0.05) is 33.2 Å². The van der Waals surface area contributed by atoms with Crippen molar-refractivity contribution >= 4 is 5.78 Å². The fourth-order valence-electron chi connectivity index (χ4n) is 3.60. The molecule has 0 radical (unpaired) electrons. The lowest BCUT2D eigenvalue weighted by molar-refractivity contribution is 0.0299. The number of fused-ring (bicyclic) bond motifs is 1. The van der Waals surface area contributed by atoms with Crippen LogP contribution in [0.25, 0.3) is 0 Å². The number of carbonyl (C=O) groups excluding carboxylic acids is 1. The van der Waals surface area contributed by atoms with Gasteiger partial charge in [-0.05, 0) is 37.9 Å². The van der Waals surface area contributed by atoms with Crippen molar-refractivity contribution in [1.29, 1.82) is 0 Å². The third kappa shape index (κ3) is 3.33. The first-order valence-electron chi connectivity index (χ1n) is 8.25. The van der Waals surface area contributed by atoms with E-state index in [-0.39, 0.29) is 11.4 Å². The fraction of sp³-hybridized carbons (Fsp3) is 0.611. The molecule has 0 amide bonds. The molecule has 0 aliphatic carbocycles. The van der Waals surface area contributed by atoms with Crippen molar-refractivity contribution in [3.8, 4) is 5.75 Å². The highest BCUT2D eigenvalue weighted by Crippen LogP contribution is 2.39. The molecule has 120 valence electrons. The van der Waals surface area contributed by atoms with Crippen molar-refractivity contribution in [2.24, 2.45) is 0 Å². The van der Waals surface area contributed by atoms with Crippen LogP contribution < -0.4 is 4.74 Å². The van der Waals surface area contributed by atoms with E-state index in [0.29, 0.717) is 6.42 Å². The Balaban J connectivity index is 1.67. The van der Waals surface area contributed by atoms with E-state index in [2.05, 4.69) is 4.90 Å². The quantitative estimate of drug-likeness (QED) is 0.802. The van der Waals surface area contributed by atoms with Gasteiger partial charge in [0.05, 0.1) is 12.0 Å². The zero-order valence-corrected chi connectivity index (χ0v) is 13.3. The average Bonchev–Trinajstić information content (AvgIpc) is 2.70. The number of methoxy groups -OCH3 is 1. The SMILES string of the molecule is COCCCN1CCCC2(CC1)CC(=O)c1ccccc1O2. The monoisotopic (exact) mass is 303 g/mol. The number of hydrogen-bond acceptors (Lipinski definition) is 4. The Morgan fingerprint density at radius 2 is 2.14 bits per heavy atom. The van der Waals surface area contributed by atoms with E-state index in [1.54, 1.807) is 7.11 Å². The first-order chi connectivity index (χ1) is 10.7. The van der Waals surface area contributed by atoms with Crippen LogP contribution in [0.5, 0.6) is 5.75 Å². The molecule has 1 spiro atoms. The summed E-state index contributed by atoms with van der Waals surface area (Å²) >= 11 is 0. The molecule has 1 atom stereocenters. The molecule has 1 aromatic carbocycles. The van der Waals surface area contributed by atoms with Crippen LogP contribution in [0.4, 0.5) is 0 Å². The van der Waals surface area contributed by atoms with Crippen molar-refractivity contribution in [3.05, 3.63) is 29.8 Å². The second kappa shape index (κ2) is 6.80. The van der Waals surface area contributed by atoms with Crippen LogP contribution in [0.3, 0.4) is 0 Å². The van der Waals surface area contributed by atoms with Gasteiger partial charge in [0.25, 0.3) is 0 Å². The zero-order chi connectivity index (χ0) is 15.4. The van der Waals surface area contributed by atoms with Crippen LogP contribution in [-0.4, -0.2) is 49.6 Å². The number of para-hydroxylation sites is 1. The molecule has 1 aromatic rings. The third-order valence-corrected chi connectivity index (χ3v) is 4.81. The number of nitrogens with zero attached hydrogens (tertiary/aromatic N) is 1. The van der Waals surface area contributed by atoms with Crippen molar-refractivity contribution in [2.75, 3.05) is 33.4 Å². The van der Waals surface area contributed by atoms with Gasteiger partial charge in [-0.2, -0.15) is 0 Å². The van der Waals surface area contributed by atoms with Gasteiger partial charge in [-0.1, -0.05) is 12.1 Å². The van der Waals surface area contributed by atoms with Crippen LogP contribution in [0.1, 0.15) is 42.5 Å². The minimum absolute atomic E-state index is 0.231. The molecule has 0 N–H and O–H groups in total. The van der Waals surface area contributed by atoms with Crippen LogP contribution in [0, 0.1) is 0 Å². The third-order valence-electron chi connectivity index (χ3n) is 4.81. The van der Waals surface area contributed by atoms with Crippen molar-refractivity contribution in [2.45, 2.75) is 37.7 Å². The highest BCUT2D eigenvalue weighted by molar-refractivity contribution is 6.00. The van der Waals surface area contributed by atoms with E-state index < -0.39 is 0 Å². The molecular weight excluding hydrogens is 278 g/mol. The fourth-order valence-corrected chi connectivity index (χ4v) is 3.60. The molecule has 2 heterocycles. The lowest BCUT2D eigenvalue weighted by Gasteiger charge is -2.37. The van der Waals surface area contributed by atoms with Gasteiger partial charge < -0.3 is 14.4 Å². The molecule has 22 heavy (non-hydrogen) atoms. The largest absolute Gasteiger partial charge is 0.486 e. The molecule has 0 bridgehead atoms. The molecule has 2 aliphatic rings. The number of hydrogen-bond donors (Lipinski definition) is 0. The number of carbonyl (C=O) groups is 1. The first kappa shape index (κ1) is 15.5. The molecule has 3 rings (SSSR count). The Morgan fingerprint density at radius 3 is 3.00 bits per heavy atom. The summed E-state index contributed by atoms with van der Waals surface area (Å²) in [6, 6.07) is 7.65. The molecule has 0 aromatic heterocycles. The van der Waals surface area contributed by atoms with Gasteiger partial charge in [0.2, 0.25) is 0 Å². The number of likely N-dealkylation sites (tertiary alicyclic amines) is 1. The van der Waals surface area contributed by atoms with Crippen molar-refractivity contribution in [3.63, 3.8) is 0 Å². The number of benzene rings is 1. The van der Waals surface area contributed by atoms with Crippen molar-refractivity contribution in [1.82, 2.24) is 4.90 Å². The summed E-state index contributed by atoms with van der Waals surface area (Å²) in [6.45, 7) is 3.96. The summed E-state index contributed by atoms with van der Waals surface area (Å²) < 4.78 is 11.4. The smallest absolute Gasteiger partial charge is 0.170 e. The lowest BCUT2D eigenvalue weighted by atomic mass is 9.84. The van der Waals surface area contributed by atoms with Crippen molar-refractivity contribution < 1.29 is 14.3 Å². The summed E-state index contributed by atoms with van der Waals surface area (Å²) in [5.74, 6) is 1.00. The Morgan fingerprint density at radius 1 is 1.27 bits per heavy atom.